The molecule has 4 rings (SSSR count). The molecule has 0 fully saturated rings. The van der Waals surface area contributed by atoms with Crippen LogP contribution in [0.4, 0.5) is 0 Å². The van der Waals surface area contributed by atoms with Gasteiger partial charge in [-0.15, -0.1) is 11.3 Å². The Bertz CT molecular complexity index is 1110. The zero-order valence-corrected chi connectivity index (χ0v) is 17.3. The van der Waals surface area contributed by atoms with Crippen LogP contribution in [0, 0.1) is 6.92 Å². The van der Waals surface area contributed by atoms with Crippen molar-refractivity contribution in [3.8, 4) is 11.3 Å². The number of aromatic nitrogens is 3. The second-order valence-corrected chi connectivity index (χ2v) is 8.16. The van der Waals surface area contributed by atoms with Gasteiger partial charge in [-0.3, -0.25) is 4.79 Å². The van der Waals surface area contributed by atoms with E-state index in [-0.39, 0.29) is 5.91 Å². The molecule has 6 nitrogen and oxygen atoms in total. The summed E-state index contributed by atoms with van der Waals surface area (Å²) < 4.78 is 5.08. The molecule has 0 aliphatic rings. The van der Waals surface area contributed by atoms with Crippen LogP contribution in [0.3, 0.4) is 0 Å². The SMILES string of the molecule is Cc1cc(CSc2ncccc2C(=O)NCc2nc(-c3ccccc3)cs2)no1. The van der Waals surface area contributed by atoms with Crippen molar-refractivity contribution in [1.82, 2.24) is 20.4 Å². The molecule has 0 saturated carbocycles. The highest BCUT2D eigenvalue weighted by Crippen LogP contribution is 2.25. The van der Waals surface area contributed by atoms with E-state index < -0.39 is 0 Å². The van der Waals surface area contributed by atoms with Crippen molar-refractivity contribution in [3.63, 3.8) is 0 Å². The molecular formula is C21H18N4O2S2. The Morgan fingerprint density at radius 3 is 2.86 bits per heavy atom. The number of hydrogen-bond acceptors (Lipinski definition) is 7. The maximum absolute atomic E-state index is 12.7. The van der Waals surface area contributed by atoms with Crippen LogP contribution in [-0.2, 0) is 12.3 Å². The van der Waals surface area contributed by atoms with Gasteiger partial charge in [-0.25, -0.2) is 9.97 Å². The second-order valence-electron chi connectivity index (χ2n) is 6.25. The summed E-state index contributed by atoms with van der Waals surface area (Å²) in [5.74, 6) is 1.17. The van der Waals surface area contributed by atoms with E-state index in [9.17, 15) is 4.79 Å². The van der Waals surface area contributed by atoms with Crippen LogP contribution < -0.4 is 5.32 Å². The predicted molar refractivity (Wildman–Crippen MR) is 114 cm³/mol. The topological polar surface area (TPSA) is 80.9 Å². The number of nitrogens with one attached hydrogen (secondary N) is 1. The first-order chi connectivity index (χ1) is 14.2. The molecule has 0 bridgehead atoms. The molecule has 4 aromatic rings. The van der Waals surface area contributed by atoms with Crippen LogP contribution in [0.15, 0.2) is 69.7 Å². The van der Waals surface area contributed by atoms with E-state index in [0.717, 1.165) is 27.7 Å². The lowest BCUT2D eigenvalue weighted by atomic mass is 10.2. The lowest BCUT2D eigenvalue weighted by Gasteiger charge is -2.07. The van der Waals surface area contributed by atoms with E-state index >= 15 is 0 Å². The van der Waals surface area contributed by atoms with E-state index in [1.165, 1.54) is 23.1 Å². The largest absolute Gasteiger partial charge is 0.361 e. The standard InChI is InChI=1S/C21H18N4O2S2/c1-14-10-16(25-27-14)12-29-21-17(8-5-9-22-21)20(26)23-11-19-24-18(13-28-19)15-6-3-2-4-7-15/h2-10,13H,11-12H2,1H3,(H,23,26). The molecule has 1 N–H and O–H groups in total. The van der Waals surface area contributed by atoms with Crippen molar-refractivity contribution in [2.75, 3.05) is 0 Å². The Morgan fingerprint density at radius 1 is 1.21 bits per heavy atom. The number of thiazole rings is 1. The van der Waals surface area contributed by atoms with E-state index in [1.807, 2.05) is 48.7 Å². The van der Waals surface area contributed by atoms with Gasteiger partial charge in [0.15, 0.2) is 0 Å². The van der Waals surface area contributed by atoms with Crippen LogP contribution in [0.2, 0.25) is 0 Å². The summed E-state index contributed by atoms with van der Waals surface area (Å²) in [5.41, 5.74) is 3.34. The van der Waals surface area contributed by atoms with Gasteiger partial charge >= 0.3 is 0 Å². The summed E-state index contributed by atoms with van der Waals surface area (Å²) in [4.78, 5) is 21.7. The molecule has 3 heterocycles. The highest BCUT2D eigenvalue weighted by Gasteiger charge is 2.14. The van der Waals surface area contributed by atoms with Crippen LogP contribution in [0.5, 0.6) is 0 Å². The molecule has 0 saturated heterocycles. The van der Waals surface area contributed by atoms with Crippen molar-refractivity contribution < 1.29 is 9.32 Å². The summed E-state index contributed by atoms with van der Waals surface area (Å²) in [7, 11) is 0. The molecule has 0 radical (unpaired) electrons. The highest BCUT2D eigenvalue weighted by molar-refractivity contribution is 7.98. The Morgan fingerprint density at radius 2 is 2.07 bits per heavy atom. The number of carbonyl (C=O) groups is 1. The summed E-state index contributed by atoms with van der Waals surface area (Å²) in [6, 6.07) is 15.4. The maximum atomic E-state index is 12.7. The fraction of sp³-hybridized carbons (Fsp3) is 0.143. The number of nitrogens with zero attached hydrogens (tertiary/aromatic N) is 3. The molecule has 146 valence electrons. The number of aryl methyl sites for hydroxylation is 1. The predicted octanol–water partition coefficient (Wildman–Crippen LogP) is 4.72. The van der Waals surface area contributed by atoms with E-state index in [2.05, 4.69) is 20.4 Å². The van der Waals surface area contributed by atoms with Gasteiger partial charge in [-0.2, -0.15) is 0 Å². The fourth-order valence-corrected chi connectivity index (χ4v) is 4.31. The van der Waals surface area contributed by atoms with E-state index in [4.69, 9.17) is 4.52 Å². The molecule has 3 aromatic heterocycles. The molecule has 0 unspecified atom stereocenters. The first-order valence-corrected chi connectivity index (χ1v) is 10.8. The number of rotatable bonds is 7. The summed E-state index contributed by atoms with van der Waals surface area (Å²) in [6.07, 6.45) is 1.68. The number of amides is 1. The Hall–Kier alpha value is -2.97. The van der Waals surface area contributed by atoms with Crippen molar-refractivity contribution in [2.24, 2.45) is 0 Å². The van der Waals surface area contributed by atoms with Gasteiger partial charge in [0, 0.05) is 29.0 Å². The quantitative estimate of drug-likeness (QED) is 0.434. The van der Waals surface area contributed by atoms with E-state index in [0.29, 0.717) is 22.9 Å². The molecule has 1 aromatic carbocycles. The van der Waals surface area contributed by atoms with Crippen LogP contribution in [0.25, 0.3) is 11.3 Å². The smallest absolute Gasteiger partial charge is 0.254 e. The minimum atomic E-state index is -0.173. The van der Waals surface area contributed by atoms with Crippen molar-refractivity contribution in [3.05, 3.63) is 82.1 Å². The molecule has 29 heavy (non-hydrogen) atoms. The van der Waals surface area contributed by atoms with Crippen molar-refractivity contribution in [2.45, 2.75) is 24.2 Å². The summed E-state index contributed by atoms with van der Waals surface area (Å²) in [6.45, 7) is 2.22. The van der Waals surface area contributed by atoms with Gasteiger partial charge in [-0.05, 0) is 19.1 Å². The molecule has 0 spiro atoms. The zero-order chi connectivity index (χ0) is 20.1. The Labute approximate surface area is 176 Å². The average molecular weight is 423 g/mol. The average Bonchev–Trinajstić information content (AvgIpc) is 3.40. The number of carbonyl (C=O) groups excluding carboxylic acids is 1. The highest BCUT2D eigenvalue weighted by atomic mass is 32.2. The first-order valence-electron chi connectivity index (χ1n) is 8.97. The van der Waals surface area contributed by atoms with Crippen LogP contribution in [0.1, 0.15) is 26.8 Å². The monoisotopic (exact) mass is 422 g/mol. The van der Waals surface area contributed by atoms with Gasteiger partial charge in [0.2, 0.25) is 0 Å². The third kappa shape index (κ3) is 4.90. The maximum Gasteiger partial charge on any atom is 0.254 e. The third-order valence-corrected chi connectivity index (χ3v) is 5.96. The fourth-order valence-electron chi connectivity index (χ4n) is 2.69. The zero-order valence-electron chi connectivity index (χ0n) is 15.7. The van der Waals surface area contributed by atoms with Crippen LogP contribution >= 0.6 is 23.1 Å². The number of hydrogen-bond donors (Lipinski definition) is 1. The molecule has 8 heteroatoms. The minimum Gasteiger partial charge on any atom is -0.361 e. The van der Waals surface area contributed by atoms with E-state index in [1.54, 1.807) is 18.3 Å². The minimum absolute atomic E-state index is 0.173. The van der Waals surface area contributed by atoms with Gasteiger partial charge in [0.25, 0.3) is 5.91 Å². The second kappa shape index (κ2) is 9.02. The normalized spacial score (nSPS) is 10.8. The van der Waals surface area contributed by atoms with Crippen molar-refractivity contribution in [1.29, 1.82) is 0 Å². The van der Waals surface area contributed by atoms with Gasteiger partial charge in [0.1, 0.15) is 15.8 Å². The number of benzene rings is 1. The molecule has 0 aliphatic heterocycles. The molecular weight excluding hydrogens is 404 g/mol. The lowest BCUT2D eigenvalue weighted by Crippen LogP contribution is -2.23. The third-order valence-electron chi connectivity index (χ3n) is 4.07. The Balaban J connectivity index is 1.39. The Kier molecular flexibility index (Phi) is 6.02. The van der Waals surface area contributed by atoms with Gasteiger partial charge in [-0.1, -0.05) is 47.3 Å². The summed E-state index contributed by atoms with van der Waals surface area (Å²) >= 11 is 2.99. The summed E-state index contributed by atoms with van der Waals surface area (Å²) in [5, 5.41) is 10.4. The first kappa shape index (κ1) is 19.4. The molecule has 0 aliphatic carbocycles. The number of thioether (sulfide) groups is 1. The van der Waals surface area contributed by atoms with Gasteiger partial charge in [0.05, 0.1) is 23.5 Å². The molecule has 0 atom stereocenters. The lowest BCUT2D eigenvalue weighted by molar-refractivity contribution is 0.0947. The van der Waals surface area contributed by atoms with Crippen LogP contribution in [-0.4, -0.2) is 21.0 Å². The number of pyridine rings is 1. The van der Waals surface area contributed by atoms with Gasteiger partial charge < -0.3 is 9.84 Å². The van der Waals surface area contributed by atoms with Crippen molar-refractivity contribution >= 4 is 29.0 Å². The molecule has 1 amide bonds.